The van der Waals surface area contributed by atoms with E-state index < -0.39 is 39.7 Å². The molecule has 7 nitrogen and oxygen atoms in total. The zero-order valence-electron chi connectivity index (χ0n) is 13.8. The highest BCUT2D eigenvalue weighted by molar-refractivity contribution is 7.80. The third-order valence-electron chi connectivity index (χ3n) is 4.29. The zero-order chi connectivity index (χ0) is 20.7. The fourth-order valence-corrected chi connectivity index (χ4v) is 4.01. The van der Waals surface area contributed by atoms with Crippen LogP contribution in [0.25, 0.3) is 0 Å². The number of Topliss-reactive ketones (excluding diaryl/α,β-unsaturated/α-hetero) is 1. The van der Waals surface area contributed by atoms with E-state index in [1.807, 2.05) is 0 Å². The molecule has 0 radical (unpaired) electrons. The van der Waals surface area contributed by atoms with E-state index in [9.17, 15) is 33.2 Å². The first-order chi connectivity index (χ1) is 13.0. The monoisotopic (exact) mass is 431 g/mol. The summed E-state index contributed by atoms with van der Waals surface area (Å²) in [5.41, 5.74) is -4.02. The number of carbonyl (C=O) groups is 1. The molecule has 0 spiro atoms. The SMILES string of the molecule is O=C(c1cccs1)[C@H]1[C@H](c2cccc([N+](=O)[O-])c2)NC(=S)N[C@@]1(O)C(F)(F)F. The number of nitro benzene ring substituents is 1. The number of halogens is 3. The predicted molar refractivity (Wildman–Crippen MR) is 97.9 cm³/mol. The largest absolute Gasteiger partial charge is 0.437 e. The number of ketones is 1. The van der Waals surface area contributed by atoms with Gasteiger partial charge in [0.15, 0.2) is 10.9 Å². The number of thiocarbonyl (C=S) groups is 1. The number of hydrogen-bond acceptors (Lipinski definition) is 6. The molecule has 1 fully saturated rings. The first-order valence-electron chi connectivity index (χ1n) is 7.74. The highest BCUT2D eigenvalue weighted by atomic mass is 32.1. The number of nitro groups is 1. The first-order valence-corrected chi connectivity index (χ1v) is 9.03. The molecule has 148 valence electrons. The van der Waals surface area contributed by atoms with Gasteiger partial charge >= 0.3 is 6.18 Å². The summed E-state index contributed by atoms with van der Waals surface area (Å²) in [4.78, 5) is 23.3. The molecule has 1 saturated heterocycles. The second-order valence-corrected chi connectivity index (χ2v) is 7.37. The van der Waals surface area contributed by atoms with Crippen LogP contribution < -0.4 is 10.6 Å². The fourth-order valence-electron chi connectivity index (χ4n) is 3.02. The summed E-state index contributed by atoms with van der Waals surface area (Å²) < 4.78 is 41.4. The smallest absolute Gasteiger partial charge is 0.363 e. The molecule has 3 rings (SSSR count). The molecule has 3 atom stereocenters. The number of aliphatic hydroxyl groups is 1. The summed E-state index contributed by atoms with van der Waals surface area (Å²) in [6.07, 6.45) is -5.25. The van der Waals surface area contributed by atoms with Crippen LogP contribution in [0, 0.1) is 16.0 Å². The van der Waals surface area contributed by atoms with E-state index >= 15 is 0 Å². The van der Waals surface area contributed by atoms with Crippen molar-refractivity contribution in [3.05, 3.63) is 62.3 Å². The van der Waals surface area contributed by atoms with Crippen LogP contribution >= 0.6 is 23.6 Å². The van der Waals surface area contributed by atoms with Gasteiger partial charge in [-0.15, -0.1) is 11.3 Å². The van der Waals surface area contributed by atoms with Crippen molar-refractivity contribution in [1.29, 1.82) is 0 Å². The van der Waals surface area contributed by atoms with Gasteiger partial charge in [-0.1, -0.05) is 18.2 Å². The molecule has 1 aromatic carbocycles. The Morgan fingerprint density at radius 3 is 2.61 bits per heavy atom. The highest BCUT2D eigenvalue weighted by Gasteiger charge is 2.65. The number of hydrogen-bond donors (Lipinski definition) is 3. The van der Waals surface area contributed by atoms with Crippen molar-refractivity contribution in [3.63, 3.8) is 0 Å². The molecule has 0 unspecified atom stereocenters. The Morgan fingerprint density at radius 2 is 2.04 bits per heavy atom. The lowest BCUT2D eigenvalue weighted by atomic mass is 9.78. The minimum absolute atomic E-state index is 0.000441. The molecule has 28 heavy (non-hydrogen) atoms. The first kappa shape index (κ1) is 20.2. The van der Waals surface area contributed by atoms with E-state index in [0.717, 1.165) is 23.5 Å². The van der Waals surface area contributed by atoms with Gasteiger partial charge in [0, 0.05) is 12.1 Å². The Hall–Kier alpha value is -2.57. The summed E-state index contributed by atoms with van der Waals surface area (Å²) in [6.45, 7) is 0. The summed E-state index contributed by atoms with van der Waals surface area (Å²) in [6, 6.07) is 6.17. The number of carbonyl (C=O) groups excluding carboxylic acids is 1. The van der Waals surface area contributed by atoms with Crippen molar-refractivity contribution in [2.24, 2.45) is 5.92 Å². The van der Waals surface area contributed by atoms with E-state index in [4.69, 9.17) is 12.2 Å². The molecule has 1 aromatic heterocycles. The molecule has 2 heterocycles. The molecule has 1 aliphatic heterocycles. The van der Waals surface area contributed by atoms with Gasteiger partial charge in [0.05, 0.1) is 15.8 Å². The van der Waals surface area contributed by atoms with E-state index in [1.54, 1.807) is 5.32 Å². The molecular weight excluding hydrogens is 419 g/mol. The number of benzene rings is 1. The second kappa shape index (κ2) is 7.11. The van der Waals surface area contributed by atoms with E-state index in [1.165, 1.54) is 29.6 Å². The fraction of sp³-hybridized carbons (Fsp3) is 0.250. The molecule has 0 amide bonds. The maximum atomic E-state index is 13.8. The summed E-state index contributed by atoms with van der Waals surface area (Å²) in [7, 11) is 0. The van der Waals surface area contributed by atoms with Crippen molar-refractivity contribution < 1.29 is 28.0 Å². The average molecular weight is 431 g/mol. The lowest BCUT2D eigenvalue weighted by Gasteiger charge is -2.46. The van der Waals surface area contributed by atoms with Crippen molar-refractivity contribution >= 4 is 40.1 Å². The van der Waals surface area contributed by atoms with Crippen molar-refractivity contribution in [2.45, 2.75) is 17.9 Å². The number of alkyl halides is 3. The van der Waals surface area contributed by atoms with Gasteiger partial charge in [-0.3, -0.25) is 14.9 Å². The van der Waals surface area contributed by atoms with Crippen LogP contribution in [0.2, 0.25) is 0 Å². The van der Waals surface area contributed by atoms with Gasteiger partial charge < -0.3 is 15.7 Å². The van der Waals surface area contributed by atoms with Crippen LogP contribution in [0.15, 0.2) is 41.8 Å². The van der Waals surface area contributed by atoms with Crippen LogP contribution in [0.1, 0.15) is 21.3 Å². The van der Waals surface area contributed by atoms with Crippen molar-refractivity contribution in [3.8, 4) is 0 Å². The Kier molecular flexibility index (Phi) is 5.12. The average Bonchev–Trinajstić information content (AvgIpc) is 3.14. The number of thiophene rings is 1. The van der Waals surface area contributed by atoms with Crippen LogP contribution in [0.5, 0.6) is 0 Å². The number of non-ortho nitro benzene ring substituents is 1. The normalized spacial score (nSPS) is 24.9. The van der Waals surface area contributed by atoms with Gasteiger partial charge in [-0.25, -0.2) is 0 Å². The van der Waals surface area contributed by atoms with Gasteiger partial charge in [0.2, 0.25) is 5.72 Å². The van der Waals surface area contributed by atoms with E-state index in [2.05, 4.69) is 5.32 Å². The Balaban J connectivity index is 2.17. The third-order valence-corrected chi connectivity index (χ3v) is 5.40. The van der Waals surface area contributed by atoms with Crippen molar-refractivity contribution in [2.75, 3.05) is 0 Å². The van der Waals surface area contributed by atoms with Gasteiger partial charge in [-0.05, 0) is 29.2 Å². The minimum atomic E-state index is -5.25. The Morgan fingerprint density at radius 1 is 1.32 bits per heavy atom. The van der Waals surface area contributed by atoms with Crippen LogP contribution in [-0.4, -0.2) is 32.8 Å². The van der Waals surface area contributed by atoms with Crippen LogP contribution in [0.3, 0.4) is 0 Å². The minimum Gasteiger partial charge on any atom is -0.363 e. The van der Waals surface area contributed by atoms with Crippen molar-refractivity contribution in [1.82, 2.24) is 10.6 Å². The number of nitrogens with zero attached hydrogens (tertiary/aromatic N) is 1. The second-order valence-electron chi connectivity index (χ2n) is 6.01. The quantitative estimate of drug-likeness (QED) is 0.296. The van der Waals surface area contributed by atoms with Crippen LogP contribution in [0.4, 0.5) is 18.9 Å². The summed E-state index contributed by atoms with van der Waals surface area (Å²) in [5.74, 6) is -3.06. The molecule has 3 N–H and O–H groups in total. The van der Waals surface area contributed by atoms with Gasteiger partial charge in [0.1, 0.15) is 5.92 Å². The van der Waals surface area contributed by atoms with Crippen LogP contribution in [-0.2, 0) is 0 Å². The standard InChI is InChI=1S/C16H12F3N3O4S2/c17-16(18,19)15(24)11(13(23)10-5-2-6-28-10)12(20-14(27)21-15)8-3-1-4-9(7-8)22(25)26/h1-7,11-12,24H,(H2,20,21,27)/t11-,12+,15+/m1/s1. The molecule has 12 heteroatoms. The van der Waals surface area contributed by atoms with E-state index in [0.29, 0.717) is 0 Å². The molecule has 2 aromatic rings. The van der Waals surface area contributed by atoms with E-state index in [-0.39, 0.29) is 16.1 Å². The Bertz CT molecular complexity index is 935. The highest BCUT2D eigenvalue weighted by Crippen LogP contribution is 2.44. The number of nitrogens with one attached hydrogen (secondary N) is 2. The summed E-state index contributed by atoms with van der Waals surface area (Å²) >= 11 is 5.72. The third kappa shape index (κ3) is 3.45. The van der Waals surface area contributed by atoms with Gasteiger partial charge in [0.25, 0.3) is 5.69 Å². The van der Waals surface area contributed by atoms with Gasteiger partial charge in [-0.2, -0.15) is 13.2 Å². The lowest BCUT2D eigenvalue weighted by molar-refractivity contribution is -0.385. The maximum absolute atomic E-state index is 13.8. The molecule has 1 aliphatic rings. The molecular formula is C16H12F3N3O4S2. The molecule has 0 saturated carbocycles. The number of rotatable bonds is 4. The predicted octanol–water partition coefficient (Wildman–Crippen LogP) is 2.93. The maximum Gasteiger partial charge on any atom is 0.437 e. The summed E-state index contributed by atoms with van der Waals surface area (Å²) in [5, 5.41) is 26.8. The topological polar surface area (TPSA) is 104 Å². The lowest BCUT2D eigenvalue weighted by Crippen LogP contribution is -2.72. The molecule has 0 aliphatic carbocycles. The molecule has 0 bridgehead atoms. The Labute approximate surface area is 165 Å². The zero-order valence-corrected chi connectivity index (χ0v) is 15.4.